The molecule has 0 radical (unpaired) electrons. The van der Waals surface area contributed by atoms with Crippen LogP contribution >= 0.6 is 0 Å². The van der Waals surface area contributed by atoms with Gasteiger partial charge in [0.05, 0.1) is 35.5 Å². The van der Waals surface area contributed by atoms with Crippen molar-refractivity contribution in [3.05, 3.63) is 47.0 Å². The van der Waals surface area contributed by atoms with Crippen LogP contribution in [0.3, 0.4) is 0 Å². The van der Waals surface area contributed by atoms with Gasteiger partial charge in [-0.3, -0.25) is 4.57 Å². The predicted molar refractivity (Wildman–Crippen MR) is 79.8 cm³/mol. The predicted octanol–water partition coefficient (Wildman–Crippen LogP) is 2.56. The van der Waals surface area contributed by atoms with Gasteiger partial charge >= 0.3 is 0 Å². The van der Waals surface area contributed by atoms with E-state index in [-0.39, 0.29) is 30.6 Å². The van der Waals surface area contributed by atoms with Crippen LogP contribution in [-0.2, 0) is 10.3 Å². The van der Waals surface area contributed by atoms with Crippen molar-refractivity contribution < 1.29 is 20.1 Å². The zero-order valence-corrected chi connectivity index (χ0v) is 12.4. The zero-order chi connectivity index (χ0) is 15.5. The highest BCUT2D eigenvalue weighted by Crippen LogP contribution is 2.59. The third-order valence-corrected chi connectivity index (χ3v) is 5.06. The molecule has 1 fully saturated rings. The van der Waals surface area contributed by atoms with Gasteiger partial charge in [0.25, 0.3) is 0 Å². The number of rotatable bonds is 3. The summed E-state index contributed by atoms with van der Waals surface area (Å²) in [5, 5.41) is 31.4. The Morgan fingerprint density at radius 1 is 1.09 bits per heavy atom. The lowest BCUT2D eigenvalue weighted by Gasteiger charge is -2.31. The molecule has 2 aromatic rings. The number of aliphatic hydroxyl groups is 1. The van der Waals surface area contributed by atoms with Crippen molar-refractivity contribution >= 4 is 0 Å². The number of aromatic hydroxyl groups is 2. The first-order valence-electron chi connectivity index (χ1n) is 7.56. The van der Waals surface area contributed by atoms with E-state index in [0.717, 1.165) is 18.4 Å². The quantitative estimate of drug-likeness (QED) is 0.814. The highest BCUT2D eigenvalue weighted by molar-refractivity contribution is 5.54. The number of nitrogens with zero attached hydrogens (tertiary/aromatic N) is 1. The average molecular weight is 301 g/mol. The lowest BCUT2D eigenvalue weighted by atomic mass is 9.92. The summed E-state index contributed by atoms with van der Waals surface area (Å²) in [5.41, 5.74) is 1.26. The van der Waals surface area contributed by atoms with E-state index in [2.05, 4.69) is 0 Å². The van der Waals surface area contributed by atoms with Crippen LogP contribution in [0, 0.1) is 0 Å². The Morgan fingerprint density at radius 3 is 2.14 bits per heavy atom. The molecule has 22 heavy (non-hydrogen) atoms. The van der Waals surface area contributed by atoms with E-state index >= 15 is 0 Å². The summed E-state index contributed by atoms with van der Waals surface area (Å²) in [6, 6.07) is 9.41. The minimum absolute atomic E-state index is 0.0000954. The number of ether oxygens (including phenoxy) is 1. The second-order valence-corrected chi connectivity index (χ2v) is 6.30. The first-order valence-corrected chi connectivity index (χ1v) is 7.56. The summed E-state index contributed by atoms with van der Waals surface area (Å²) in [4.78, 5) is 0. The summed E-state index contributed by atoms with van der Waals surface area (Å²) in [6.45, 7) is 1.57. The molecular weight excluding hydrogens is 282 g/mol. The molecule has 3 heterocycles. The minimum Gasteiger partial charge on any atom is -0.494 e. The third-order valence-electron chi connectivity index (χ3n) is 5.06. The molecule has 4 rings (SSSR count). The Morgan fingerprint density at radius 2 is 1.64 bits per heavy atom. The molecule has 0 saturated carbocycles. The Balaban J connectivity index is 1.93. The summed E-state index contributed by atoms with van der Waals surface area (Å²) < 4.78 is 7.20. The number of fused-ring (bicyclic) bond motifs is 5. The van der Waals surface area contributed by atoms with Gasteiger partial charge < -0.3 is 20.1 Å². The van der Waals surface area contributed by atoms with E-state index in [0.29, 0.717) is 11.1 Å². The lowest BCUT2D eigenvalue weighted by Crippen LogP contribution is -2.35. The molecule has 0 aliphatic carbocycles. The number of hydrogen-bond acceptors (Lipinski definition) is 4. The van der Waals surface area contributed by atoms with Crippen LogP contribution in [0.5, 0.6) is 11.8 Å². The molecular formula is C17H19NO4. The van der Waals surface area contributed by atoms with Crippen molar-refractivity contribution in [2.75, 3.05) is 6.61 Å². The number of hydrogen-bond donors (Lipinski definition) is 3. The van der Waals surface area contributed by atoms with E-state index in [9.17, 15) is 15.3 Å². The smallest absolute Gasteiger partial charge is 0.201 e. The maximum atomic E-state index is 10.7. The topological polar surface area (TPSA) is 74.9 Å². The van der Waals surface area contributed by atoms with E-state index in [1.807, 2.05) is 30.3 Å². The van der Waals surface area contributed by atoms with Crippen molar-refractivity contribution in [2.24, 2.45) is 0 Å². The van der Waals surface area contributed by atoms with Crippen molar-refractivity contribution in [2.45, 2.75) is 37.5 Å². The molecule has 5 heteroatoms. The van der Waals surface area contributed by atoms with Crippen LogP contribution in [0.2, 0.25) is 0 Å². The second-order valence-electron chi connectivity index (χ2n) is 6.30. The Bertz CT molecular complexity index is 691. The van der Waals surface area contributed by atoms with Gasteiger partial charge in [-0.1, -0.05) is 30.3 Å². The van der Waals surface area contributed by atoms with Crippen LogP contribution in [0.25, 0.3) is 0 Å². The third kappa shape index (κ3) is 1.55. The summed E-state index contributed by atoms with van der Waals surface area (Å²) in [7, 11) is 0. The molecule has 2 aliphatic heterocycles. The van der Waals surface area contributed by atoms with Gasteiger partial charge in [-0.15, -0.1) is 0 Å². The van der Waals surface area contributed by atoms with Crippen LogP contribution in [0.1, 0.15) is 48.7 Å². The molecule has 2 unspecified atom stereocenters. The maximum absolute atomic E-state index is 10.7. The Labute approximate surface area is 128 Å². The maximum Gasteiger partial charge on any atom is 0.201 e. The zero-order valence-electron chi connectivity index (χ0n) is 12.4. The molecule has 5 nitrogen and oxygen atoms in total. The molecule has 1 aromatic carbocycles. The van der Waals surface area contributed by atoms with Crippen LogP contribution in [0.15, 0.2) is 30.3 Å². The molecule has 0 amide bonds. The minimum atomic E-state index is -0.931. The Kier molecular flexibility index (Phi) is 2.80. The fourth-order valence-corrected chi connectivity index (χ4v) is 3.83. The highest BCUT2D eigenvalue weighted by atomic mass is 16.5. The van der Waals surface area contributed by atoms with Crippen LogP contribution in [-0.4, -0.2) is 26.5 Å². The average Bonchev–Trinajstić information content (AvgIpc) is 3.22. The van der Waals surface area contributed by atoms with Crippen LogP contribution < -0.4 is 0 Å². The summed E-state index contributed by atoms with van der Waals surface area (Å²) in [5.74, 6) is 0.000191. The number of aliphatic hydroxyl groups excluding tert-OH is 1. The first kappa shape index (κ1) is 13.7. The van der Waals surface area contributed by atoms with Crippen molar-refractivity contribution in [1.29, 1.82) is 0 Å². The van der Waals surface area contributed by atoms with E-state index < -0.39 is 5.54 Å². The van der Waals surface area contributed by atoms with Crippen LogP contribution in [0.4, 0.5) is 0 Å². The molecule has 3 atom stereocenters. The normalized spacial score (nSPS) is 25.2. The molecule has 116 valence electrons. The molecule has 2 aliphatic rings. The van der Waals surface area contributed by atoms with Gasteiger partial charge in [-0.05, 0) is 25.3 Å². The number of benzene rings is 1. The van der Waals surface area contributed by atoms with Crippen molar-refractivity contribution in [3.63, 3.8) is 0 Å². The van der Waals surface area contributed by atoms with Gasteiger partial charge in [0.1, 0.15) is 0 Å². The SMILES string of the molecule is C[C@@](CO)(c1ccccc1)n1c(O)c2c(c1O)C1CCC2O1. The first-order chi connectivity index (χ1) is 10.6. The van der Waals surface area contributed by atoms with Crippen molar-refractivity contribution in [1.82, 2.24) is 4.57 Å². The lowest BCUT2D eigenvalue weighted by molar-refractivity contribution is 0.0657. The second kappa shape index (κ2) is 4.51. The van der Waals surface area contributed by atoms with E-state index in [4.69, 9.17) is 4.74 Å². The molecule has 1 aromatic heterocycles. The molecule has 1 saturated heterocycles. The Hall–Kier alpha value is -1.98. The molecule has 0 spiro atoms. The van der Waals surface area contributed by atoms with Gasteiger partial charge in [0.15, 0.2) is 0 Å². The monoisotopic (exact) mass is 301 g/mol. The highest BCUT2D eigenvalue weighted by Gasteiger charge is 2.48. The van der Waals surface area contributed by atoms with Crippen molar-refractivity contribution in [3.8, 4) is 11.8 Å². The number of aromatic nitrogens is 1. The largest absolute Gasteiger partial charge is 0.494 e. The molecule has 2 bridgehead atoms. The standard InChI is InChI=1S/C17H19NO4/c1-17(9-19,10-5-3-2-4-6-10)18-15(20)13-11-7-8-12(22-11)14(13)16(18)21/h2-6,11-12,19-21H,7-9H2,1H3/t11?,12?,17-/m1/s1. The fourth-order valence-electron chi connectivity index (χ4n) is 3.83. The fraction of sp³-hybridized carbons (Fsp3) is 0.412. The molecule has 3 N–H and O–H groups in total. The summed E-state index contributed by atoms with van der Waals surface area (Å²) in [6.07, 6.45) is 1.42. The van der Waals surface area contributed by atoms with E-state index in [1.54, 1.807) is 6.92 Å². The van der Waals surface area contributed by atoms with Gasteiger partial charge in [0.2, 0.25) is 11.8 Å². The van der Waals surface area contributed by atoms with Gasteiger partial charge in [0, 0.05) is 0 Å². The summed E-state index contributed by atoms with van der Waals surface area (Å²) >= 11 is 0. The van der Waals surface area contributed by atoms with Gasteiger partial charge in [-0.25, -0.2) is 0 Å². The van der Waals surface area contributed by atoms with Gasteiger partial charge in [-0.2, -0.15) is 0 Å². The van der Waals surface area contributed by atoms with E-state index in [1.165, 1.54) is 4.57 Å².